The van der Waals surface area contributed by atoms with Crippen LogP contribution in [0, 0.1) is 5.41 Å². The van der Waals surface area contributed by atoms with Gasteiger partial charge in [-0.25, -0.2) is 0 Å². The van der Waals surface area contributed by atoms with E-state index in [9.17, 15) is 4.79 Å². The van der Waals surface area contributed by atoms with Crippen molar-refractivity contribution in [3.8, 4) is 0 Å². The monoisotopic (exact) mass is 276 g/mol. The zero-order valence-corrected chi connectivity index (χ0v) is 11.8. The Hall–Kier alpha value is -2.01. The van der Waals surface area contributed by atoms with E-state index in [0.717, 1.165) is 11.5 Å². The van der Waals surface area contributed by atoms with Crippen LogP contribution in [0.2, 0.25) is 0 Å². The highest BCUT2D eigenvalue weighted by Crippen LogP contribution is 2.21. The molecule has 20 heavy (non-hydrogen) atoms. The fourth-order valence-electron chi connectivity index (χ4n) is 1.90. The summed E-state index contributed by atoms with van der Waals surface area (Å²) in [4.78, 5) is 14.3. The van der Waals surface area contributed by atoms with Crippen LogP contribution in [0.3, 0.4) is 0 Å². The first-order valence-corrected chi connectivity index (χ1v) is 6.57. The van der Waals surface area contributed by atoms with E-state index in [1.165, 1.54) is 0 Å². The third-order valence-electron chi connectivity index (χ3n) is 3.23. The Balaban J connectivity index is 2.17. The lowest BCUT2D eigenvalue weighted by Gasteiger charge is -2.30. The molecule has 5 nitrogen and oxygen atoms in total. The Labute approximate surface area is 118 Å². The molecule has 0 bridgehead atoms. The summed E-state index contributed by atoms with van der Waals surface area (Å²) < 4.78 is 10.6. The Bertz CT molecular complexity index is 493. The van der Waals surface area contributed by atoms with Gasteiger partial charge in [0.05, 0.1) is 31.0 Å². The standard InChI is InChI=1S/C15H20N2O3/c1-15(2,11-16)14(18)17(9-12-5-3-7-19-12)10-13-6-4-8-20-13/h3-8H,9-11,16H2,1-2H3. The molecule has 2 aromatic rings. The Morgan fingerprint density at radius 2 is 1.65 bits per heavy atom. The van der Waals surface area contributed by atoms with Crippen molar-refractivity contribution < 1.29 is 13.6 Å². The molecule has 5 heteroatoms. The van der Waals surface area contributed by atoms with E-state index in [1.807, 2.05) is 26.0 Å². The number of nitrogens with zero attached hydrogens (tertiary/aromatic N) is 1. The number of rotatable bonds is 6. The largest absolute Gasteiger partial charge is 0.467 e. The molecule has 2 N–H and O–H groups in total. The zero-order valence-electron chi connectivity index (χ0n) is 11.8. The molecule has 0 fully saturated rings. The lowest BCUT2D eigenvalue weighted by atomic mass is 9.91. The number of nitrogens with two attached hydrogens (primary N) is 1. The molecule has 0 aromatic carbocycles. The van der Waals surface area contributed by atoms with E-state index in [1.54, 1.807) is 29.6 Å². The van der Waals surface area contributed by atoms with Gasteiger partial charge in [0.25, 0.3) is 0 Å². The maximum atomic E-state index is 12.6. The van der Waals surface area contributed by atoms with Crippen molar-refractivity contribution >= 4 is 5.91 Å². The minimum Gasteiger partial charge on any atom is -0.467 e. The van der Waals surface area contributed by atoms with Crippen LogP contribution in [-0.2, 0) is 17.9 Å². The smallest absolute Gasteiger partial charge is 0.230 e. The predicted molar refractivity (Wildman–Crippen MR) is 74.5 cm³/mol. The molecule has 108 valence electrons. The lowest BCUT2D eigenvalue weighted by Crippen LogP contribution is -2.43. The van der Waals surface area contributed by atoms with Gasteiger partial charge in [-0.2, -0.15) is 0 Å². The Morgan fingerprint density at radius 1 is 1.15 bits per heavy atom. The summed E-state index contributed by atoms with van der Waals surface area (Å²) in [6, 6.07) is 7.30. The van der Waals surface area contributed by atoms with Crippen molar-refractivity contribution in [2.24, 2.45) is 11.1 Å². The van der Waals surface area contributed by atoms with Gasteiger partial charge in [-0.1, -0.05) is 0 Å². The van der Waals surface area contributed by atoms with E-state index in [-0.39, 0.29) is 5.91 Å². The molecule has 2 heterocycles. The van der Waals surface area contributed by atoms with Crippen molar-refractivity contribution in [3.05, 3.63) is 48.3 Å². The van der Waals surface area contributed by atoms with Crippen molar-refractivity contribution in [1.82, 2.24) is 4.90 Å². The fourth-order valence-corrected chi connectivity index (χ4v) is 1.90. The second-order valence-electron chi connectivity index (χ2n) is 5.41. The Kier molecular flexibility index (Phi) is 4.29. The van der Waals surface area contributed by atoms with E-state index in [0.29, 0.717) is 19.6 Å². The van der Waals surface area contributed by atoms with Crippen molar-refractivity contribution in [1.29, 1.82) is 0 Å². The van der Waals surface area contributed by atoms with Gasteiger partial charge in [0, 0.05) is 6.54 Å². The summed E-state index contributed by atoms with van der Waals surface area (Å²) in [5.41, 5.74) is 5.09. The molecule has 2 aromatic heterocycles. The van der Waals surface area contributed by atoms with Crippen molar-refractivity contribution in [3.63, 3.8) is 0 Å². The van der Waals surface area contributed by atoms with E-state index in [4.69, 9.17) is 14.6 Å². The first-order chi connectivity index (χ1) is 9.53. The molecule has 0 radical (unpaired) electrons. The van der Waals surface area contributed by atoms with E-state index in [2.05, 4.69) is 0 Å². The fraction of sp³-hybridized carbons (Fsp3) is 0.400. The molecule has 0 unspecified atom stereocenters. The molecule has 0 saturated heterocycles. The zero-order chi connectivity index (χ0) is 14.6. The molecular weight excluding hydrogens is 256 g/mol. The van der Waals surface area contributed by atoms with E-state index < -0.39 is 5.41 Å². The van der Waals surface area contributed by atoms with Gasteiger partial charge in [-0.3, -0.25) is 4.79 Å². The lowest BCUT2D eigenvalue weighted by molar-refractivity contribution is -0.141. The minimum atomic E-state index is -0.612. The summed E-state index contributed by atoms with van der Waals surface area (Å²) in [6.45, 7) is 4.77. The SMILES string of the molecule is CC(C)(CN)C(=O)N(Cc1ccco1)Cc1ccco1. The second kappa shape index (κ2) is 5.96. The second-order valence-corrected chi connectivity index (χ2v) is 5.41. The number of furan rings is 2. The molecule has 0 spiro atoms. The topological polar surface area (TPSA) is 72.6 Å². The molecule has 0 saturated carbocycles. The summed E-state index contributed by atoms with van der Waals surface area (Å²) in [5, 5.41) is 0. The highest BCUT2D eigenvalue weighted by atomic mass is 16.3. The van der Waals surface area contributed by atoms with Gasteiger partial charge < -0.3 is 19.5 Å². The summed E-state index contributed by atoms with van der Waals surface area (Å²) in [6.07, 6.45) is 3.19. The number of carbonyl (C=O) groups excluding carboxylic acids is 1. The Morgan fingerprint density at radius 3 is 2.00 bits per heavy atom. The number of amides is 1. The van der Waals surface area contributed by atoms with Gasteiger partial charge in [-0.05, 0) is 38.1 Å². The van der Waals surface area contributed by atoms with Gasteiger partial charge in [0.2, 0.25) is 5.91 Å². The third kappa shape index (κ3) is 3.30. The van der Waals surface area contributed by atoms with Gasteiger partial charge in [-0.15, -0.1) is 0 Å². The molecule has 0 aliphatic rings. The van der Waals surface area contributed by atoms with Crippen molar-refractivity contribution in [2.45, 2.75) is 26.9 Å². The molecule has 0 atom stereocenters. The highest BCUT2D eigenvalue weighted by Gasteiger charge is 2.31. The van der Waals surface area contributed by atoms with Crippen LogP contribution in [0.1, 0.15) is 25.4 Å². The highest BCUT2D eigenvalue weighted by molar-refractivity contribution is 5.82. The maximum Gasteiger partial charge on any atom is 0.230 e. The molecule has 0 aliphatic carbocycles. The summed E-state index contributed by atoms with van der Waals surface area (Å²) >= 11 is 0. The van der Waals surface area contributed by atoms with Gasteiger partial charge in [0.1, 0.15) is 11.5 Å². The summed E-state index contributed by atoms with van der Waals surface area (Å²) in [5.74, 6) is 1.45. The van der Waals surface area contributed by atoms with E-state index >= 15 is 0 Å². The quantitative estimate of drug-likeness (QED) is 0.879. The third-order valence-corrected chi connectivity index (χ3v) is 3.23. The molecular formula is C15H20N2O3. The molecule has 2 rings (SSSR count). The van der Waals surface area contributed by atoms with Crippen LogP contribution in [-0.4, -0.2) is 17.4 Å². The van der Waals surface area contributed by atoms with Crippen LogP contribution in [0.5, 0.6) is 0 Å². The maximum absolute atomic E-state index is 12.6. The molecule has 1 amide bonds. The summed E-state index contributed by atoms with van der Waals surface area (Å²) in [7, 11) is 0. The average Bonchev–Trinajstić information content (AvgIpc) is 3.10. The number of hydrogen-bond donors (Lipinski definition) is 1. The number of carbonyl (C=O) groups is 1. The number of hydrogen-bond acceptors (Lipinski definition) is 4. The van der Waals surface area contributed by atoms with Gasteiger partial charge in [0.15, 0.2) is 0 Å². The first-order valence-electron chi connectivity index (χ1n) is 6.57. The van der Waals surface area contributed by atoms with Gasteiger partial charge >= 0.3 is 0 Å². The van der Waals surface area contributed by atoms with Crippen LogP contribution in [0.4, 0.5) is 0 Å². The normalized spacial score (nSPS) is 11.6. The predicted octanol–water partition coefficient (Wildman–Crippen LogP) is 2.39. The average molecular weight is 276 g/mol. The first kappa shape index (κ1) is 14.4. The van der Waals surface area contributed by atoms with Crippen LogP contribution < -0.4 is 5.73 Å². The molecule has 0 aliphatic heterocycles. The van der Waals surface area contributed by atoms with Crippen LogP contribution in [0.15, 0.2) is 45.6 Å². The van der Waals surface area contributed by atoms with Crippen LogP contribution in [0.25, 0.3) is 0 Å². The van der Waals surface area contributed by atoms with Crippen molar-refractivity contribution in [2.75, 3.05) is 6.54 Å². The van der Waals surface area contributed by atoms with Crippen LogP contribution >= 0.6 is 0 Å². The minimum absolute atomic E-state index is 0.0206.